The van der Waals surface area contributed by atoms with E-state index < -0.39 is 5.60 Å². The van der Waals surface area contributed by atoms with Crippen LogP contribution < -0.4 is 4.90 Å². The van der Waals surface area contributed by atoms with Crippen molar-refractivity contribution in [3.05, 3.63) is 71.5 Å². The lowest BCUT2D eigenvalue weighted by Crippen LogP contribution is -2.24. The molecule has 0 unspecified atom stereocenters. The quantitative estimate of drug-likeness (QED) is 0.430. The molecule has 1 N–H and O–H groups in total. The summed E-state index contributed by atoms with van der Waals surface area (Å²) in [6.07, 6.45) is 0.945. The van der Waals surface area contributed by atoms with Gasteiger partial charge in [0.25, 0.3) is 0 Å². The monoisotopic (exact) mass is 445 g/mol. The number of aliphatic hydroxyl groups is 1. The fourth-order valence-corrected chi connectivity index (χ4v) is 3.78. The fourth-order valence-electron chi connectivity index (χ4n) is 3.78. The highest BCUT2D eigenvalue weighted by molar-refractivity contribution is 5.95. The third kappa shape index (κ3) is 4.41. The maximum atomic E-state index is 13.8. The van der Waals surface area contributed by atoms with Crippen LogP contribution in [0, 0.1) is 17.1 Å². The Bertz CT molecular complexity index is 1340. The summed E-state index contributed by atoms with van der Waals surface area (Å²) in [7, 11) is 1.82. The Balaban J connectivity index is 1.66. The minimum Gasteiger partial charge on any atom is -0.405 e. The van der Waals surface area contributed by atoms with Crippen LogP contribution >= 0.6 is 0 Å². The summed E-state index contributed by atoms with van der Waals surface area (Å²) in [5.74, 6) is -0.140. The number of nitriles is 1. The van der Waals surface area contributed by atoms with Crippen LogP contribution in [0.1, 0.15) is 43.8 Å². The van der Waals surface area contributed by atoms with Gasteiger partial charge in [0, 0.05) is 19.0 Å². The zero-order valence-corrected chi connectivity index (χ0v) is 18.7. The Morgan fingerprint density at radius 3 is 2.61 bits per heavy atom. The maximum Gasteiger partial charge on any atom is 0.318 e. The first kappa shape index (κ1) is 22.4. The van der Waals surface area contributed by atoms with Gasteiger partial charge in [-0.15, -0.1) is 5.10 Å². The summed E-state index contributed by atoms with van der Waals surface area (Å²) in [4.78, 5) is 6.23. The summed E-state index contributed by atoms with van der Waals surface area (Å²) in [6, 6.07) is 16.1. The van der Waals surface area contributed by atoms with E-state index in [1.807, 2.05) is 45.2 Å². The van der Waals surface area contributed by atoms with Gasteiger partial charge in [-0.25, -0.2) is 9.37 Å². The van der Waals surface area contributed by atoms with E-state index in [0.717, 1.165) is 16.5 Å². The molecule has 0 radical (unpaired) electrons. The second kappa shape index (κ2) is 8.96. The van der Waals surface area contributed by atoms with E-state index in [9.17, 15) is 14.8 Å². The molecular weight excluding hydrogens is 421 g/mol. The molecule has 4 aromatic rings. The number of benzene rings is 2. The molecule has 0 aliphatic carbocycles. The molecule has 0 spiro atoms. The number of hydrogen-bond acceptors (Lipinski definition) is 7. The molecular formula is C25H24FN5O2. The predicted octanol–water partition coefficient (Wildman–Crippen LogP) is 4.94. The number of halogens is 1. The van der Waals surface area contributed by atoms with Crippen LogP contribution in [0.25, 0.3) is 22.0 Å². The molecule has 0 saturated heterocycles. The Morgan fingerprint density at radius 2 is 1.91 bits per heavy atom. The van der Waals surface area contributed by atoms with Gasteiger partial charge < -0.3 is 14.4 Å². The Labute approximate surface area is 191 Å². The molecule has 7 nitrogen and oxygen atoms in total. The molecule has 0 aliphatic rings. The second-order valence-electron chi connectivity index (χ2n) is 8.01. The summed E-state index contributed by atoms with van der Waals surface area (Å²) in [5, 5.41) is 29.0. The van der Waals surface area contributed by atoms with Crippen LogP contribution in [0.15, 0.2) is 52.9 Å². The van der Waals surface area contributed by atoms with Gasteiger partial charge in [-0.2, -0.15) is 5.26 Å². The number of hydrogen-bond donors (Lipinski definition) is 1. The Kier molecular flexibility index (Phi) is 6.07. The molecule has 33 heavy (non-hydrogen) atoms. The number of rotatable bonds is 7. The van der Waals surface area contributed by atoms with Crippen molar-refractivity contribution >= 4 is 16.9 Å². The summed E-state index contributed by atoms with van der Waals surface area (Å²) < 4.78 is 19.5. The van der Waals surface area contributed by atoms with Crippen LogP contribution in [-0.2, 0) is 12.1 Å². The highest BCUT2D eigenvalue weighted by Gasteiger charge is 2.32. The van der Waals surface area contributed by atoms with Crippen molar-refractivity contribution in [2.24, 2.45) is 0 Å². The van der Waals surface area contributed by atoms with E-state index in [1.165, 1.54) is 12.1 Å². The lowest BCUT2D eigenvalue weighted by atomic mass is 9.98. The molecule has 0 amide bonds. The standard InChI is InChI=1S/C25H24FN5O2/c1-4-25(32,5-2)23-29-30-24(33-23)31(3)15-16-9-10-20-21(17-7-6-8-18(26)12-17)13-19(14-27)28-22(20)11-16/h6-13,32H,4-5,15H2,1-3H3. The fraction of sp³-hybridized carbons (Fsp3) is 0.280. The normalized spacial score (nSPS) is 11.5. The van der Waals surface area contributed by atoms with Gasteiger partial charge >= 0.3 is 6.01 Å². The number of nitrogens with zero attached hydrogens (tertiary/aromatic N) is 5. The molecule has 0 aliphatic heterocycles. The Hall–Kier alpha value is -3.83. The van der Waals surface area contributed by atoms with E-state index in [1.54, 1.807) is 17.0 Å². The van der Waals surface area contributed by atoms with E-state index in [2.05, 4.69) is 21.3 Å². The van der Waals surface area contributed by atoms with Crippen molar-refractivity contribution in [3.63, 3.8) is 0 Å². The van der Waals surface area contributed by atoms with Gasteiger partial charge in [0.1, 0.15) is 23.2 Å². The zero-order chi connectivity index (χ0) is 23.6. The van der Waals surface area contributed by atoms with Crippen molar-refractivity contribution < 1.29 is 13.9 Å². The number of pyridine rings is 1. The topological polar surface area (TPSA) is 99.1 Å². The molecule has 0 fully saturated rings. The average molecular weight is 445 g/mol. The third-order valence-electron chi connectivity index (χ3n) is 5.85. The summed E-state index contributed by atoms with van der Waals surface area (Å²) in [5.41, 5.74) is 2.10. The van der Waals surface area contributed by atoms with Gasteiger partial charge in [-0.1, -0.05) is 43.2 Å². The van der Waals surface area contributed by atoms with Crippen LogP contribution in [0.5, 0.6) is 0 Å². The minimum atomic E-state index is -1.14. The molecule has 2 heterocycles. The predicted molar refractivity (Wildman–Crippen MR) is 123 cm³/mol. The summed E-state index contributed by atoms with van der Waals surface area (Å²) in [6.45, 7) is 4.18. The number of anilines is 1. The smallest absolute Gasteiger partial charge is 0.318 e. The van der Waals surface area contributed by atoms with Gasteiger partial charge in [-0.3, -0.25) is 0 Å². The van der Waals surface area contributed by atoms with E-state index in [4.69, 9.17) is 4.42 Å². The molecule has 4 rings (SSSR count). The number of fused-ring (bicyclic) bond motifs is 1. The lowest BCUT2D eigenvalue weighted by Gasteiger charge is -2.20. The highest BCUT2D eigenvalue weighted by atomic mass is 19.1. The third-order valence-corrected chi connectivity index (χ3v) is 5.85. The van der Waals surface area contributed by atoms with Crippen LogP contribution in [0.4, 0.5) is 10.4 Å². The number of aromatic nitrogens is 3. The van der Waals surface area contributed by atoms with Gasteiger partial charge in [-0.05, 0) is 53.8 Å². The Morgan fingerprint density at radius 1 is 1.12 bits per heavy atom. The van der Waals surface area contributed by atoms with Crippen molar-refractivity contribution in [2.45, 2.75) is 38.8 Å². The van der Waals surface area contributed by atoms with Gasteiger partial charge in [0.15, 0.2) is 0 Å². The average Bonchev–Trinajstić information content (AvgIpc) is 3.34. The molecule has 2 aromatic heterocycles. The van der Waals surface area contributed by atoms with E-state index >= 15 is 0 Å². The largest absolute Gasteiger partial charge is 0.405 e. The molecule has 0 atom stereocenters. The van der Waals surface area contributed by atoms with Crippen molar-refractivity contribution in [1.82, 2.24) is 15.2 Å². The molecule has 0 saturated carbocycles. The molecule has 8 heteroatoms. The molecule has 2 aromatic carbocycles. The minimum absolute atomic E-state index is 0.202. The summed E-state index contributed by atoms with van der Waals surface area (Å²) >= 11 is 0. The van der Waals surface area contributed by atoms with Crippen LogP contribution in [0.2, 0.25) is 0 Å². The van der Waals surface area contributed by atoms with Crippen molar-refractivity contribution in [2.75, 3.05) is 11.9 Å². The first-order valence-electron chi connectivity index (χ1n) is 10.7. The van der Waals surface area contributed by atoms with Crippen LogP contribution in [0.3, 0.4) is 0 Å². The van der Waals surface area contributed by atoms with Crippen molar-refractivity contribution in [1.29, 1.82) is 5.26 Å². The van der Waals surface area contributed by atoms with Gasteiger partial charge in [0.2, 0.25) is 5.89 Å². The van der Waals surface area contributed by atoms with E-state index in [0.29, 0.717) is 36.5 Å². The molecule has 168 valence electrons. The SMILES string of the molecule is CCC(O)(CC)c1nnc(N(C)Cc2ccc3c(-c4cccc(F)c4)cc(C#N)nc3c2)o1. The second-order valence-corrected chi connectivity index (χ2v) is 8.01. The van der Waals surface area contributed by atoms with Crippen LogP contribution in [-0.4, -0.2) is 27.3 Å². The first-order valence-corrected chi connectivity index (χ1v) is 10.7. The molecule has 0 bridgehead atoms. The lowest BCUT2D eigenvalue weighted by molar-refractivity contribution is 0.00188. The van der Waals surface area contributed by atoms with E-state index in [-0.39, 0.29) is 17.4 Å². The van der Waals surface area contributed by atoms with Gasteiger partial charge in [0.05, 0.1) is 5.52 Å². The first-order chi connectivity index (χ1) is 15.9. The zero-order valence-electron chi connectivity index (χ0n) is 18.7. The maximum absolute atomic E-state index is 13.8. The highest BCUT2D eigenvalue weighted by Crippen LogP contribution is 2.31. The van der Waals surface area contributed by atoms with Crippen molar-refractivity contribution in [3.8, 4) is 17.2 Å².